The van der Waals surface area contributed by atoms with Gasteiger partial charge in [-0.05, 0) is 37.1 Å². The van der Waals surface area contributed by atoms with Gasteiger partial charge in [-0.2, -0.15) is 0 Å². The highest BCUT2D eigenvalue weighted by Crippen LogP contribution is 2.23. The van der Waals surface area contributed by atoms with E-state index in [1.807, 2.05) is 6.07 Å². The normalized spacial score (nSPS) is 23.1. The zero-order chi connectivity index (χ0) is 23.0. The molecule has 3 heterocycles. The number of piperazine rings is 1. The van der Waals surface area contributed by atoms with Crippen molar-refractivity contribution >= 4 is 24.1 Å². The van der Waals surface area contributed by atoms with Crippen molar-refractivity contribution in [2.75, 3.05) is 45.2 Å². The average molecular weight is 496 g/mol. The van der Waals surface area contributed by atoms with Gasteiger partial charge < -0.3 is 35.1 Å². The highest BCUT2D eigenvalue weighted by molar-refractivity contribution is 5.89. The monoisotopic (exact) mass is 495 g/mol. The van der Waals surface area contributed by atoms with Crippen LogP contribution in [0.3, 0.4) is 0 Å². The van der Waals surface area contributed by atoms with Gasteiger partial charge in [-0.15, -0.1) is 12.4 Å². The topological polar surface area (TPSA) is 121 Å². The van der Waals surface area contributed by atoms with E-state index < -0.39 is 12.2 Å². The van der Waals surface area contributed by atoms with Crippen LogP contribution >= 0.6 is 12.4 Å². The highest BCUT2D eigenvalue weighted by atomic mass is 35.5. The number of nitrogens with zero attached hydrogens (tertiary/aromatic N) is 2. The third-order valence-electron chi connectivity index (χ3n) is 6.03. The number of halogens is 1. The molecule has 1 aromatic heterocycles. The Morgan fingerprint density at radius 3 is 2.76 bits per heavy atom. The number of nitrogens with one attached hydrogen (secondary N) is 3. The number of amides is 2. The molecule has 11 heteroatoms. The van der Waals surface area contributed by atoms with Crippen molar-refractivity contribution in [1.29, 1.82) is 0 Å². The van der Waals surface area contributed by atoms with E-state index in [9.17, 15) is 9.90 Å². The maximum Gasteiger partial charge on any atom is 0.319 e. The van der Waals surface area contributed by atoms with Gasteiger partial charge in [0.15, 0.2) is 5.76 Å². The maximum atomic E-state index is 12.2. The Hall–Kier alpha value is -2.37. The Morgan fingerprint density at radius 2 is 2.03 bits per heavy atom. The van der Waals surface area contributed by atoms with Crippen LogP contribution in [0.25, 0.3) is 0 Å². The van der Waals surface area contributed by atoms with Crippen molar-refractivity contribution in [3.05, 3.63) is 41.8 Å². The van der Waals surface area contributed by atoms with Gasteiger partial charge in [-0.1, -0.05) is 5.16 Å². The van der Waals surface area contributed by atoms with E-state index in [2.05, 4.69) is 26.0 Å². The summed E-state index contributed by atoms with van der Waals surface area (Å²) in [6.45, 7) is 4.96. The predicted molar refractivity (Wildman–Crippen MR) is 130 cm³/mol. The molecule has 2 aliphatic rings. The predicted octanol–water partition coefficient (Wildman–Crippen LogP) is 1.78. The zero-order valence-corrected chi connectivity index (χ0v) is 20.2. The molecule has 0 radical (unpaired) electrons. The third-order valence-corrected chi connectivity index (χ3v) is 6.03. The summed E-state index contributed by atoms with van der Waals surface area (Å²) in [6, 6.07) is 8.70. The molecule has 2 aromatic rings. The second-order valence-corrected chi connectivity index (χ2v) is 8.52. The van der Waals surface area contributed by atoms with Crippen LogP contribution in [0.4, 0.5) is 10.5 Å². The van der Waals surface area contributed by atoms with Crippen molar-refractivity contribution in [3.63, 3.8) is 0 Å². The Labute approximate surface area is 205 Å². The number of hydrogen-bond acceptors (Lipinski definition) is 8. The van der Waals surface area contributed by atoms with Gasteiger partial charge in [0.2, 0.25) is 0 Å². The standard InChI is InChI=1S/C23H33N5O5.ClH/c1-31-18-4-2-16(3-5-18)26-23(30)25-14-22-21(29)7-6-19(32-22)12-17-13-20(33-27-17)15-28-10-8-24-9-11-28;/h2-5,13,19,21-22,24,29H,6-12,14-15H2,1H3,(H2,25,26,30);1H/t19-,21-,22+;/m0./s1. The first-order valence-electron chi connectivity index (χ1n) is 11.5. The molecule has 1 aromatic carbocycles. The molecule has 0 unspecified atom stereocenters. The molecule has 4 N–H and O–H groups in total. The number of carbonyl (C=O) groups is 1. The van der Waals surface area contributed by atoms with E-state index in [0.717, 1.165) is 50.6 Å². The smallest absolute Gasteiger partial charge is 0.319 e. The minimum atomic E-state index is -0.622. The molecule has 0 bridgehead atoms. The zero-order valence-electron chi connectivity index (χ0n) is 19.4. The average Bonchev–Trinajstić information content (AvgIpc) is 3.27. The van der Waals surface area contributed by atoms with Crippen molar-refractivity contribution in [2.45, 2.75) is 44.1 Å². The Balaban J connectivity index is 0.00000324. The molecule has 4 rings (SSSR count). The summed E-state index contributed by atoms with van der Waals surface area (Å²) < 4.78 is 16.7. The van der Waals surface area contributed by atoms with Gasteiger partial charge in [0.25, 0.3) is 0 Å². The molecule has 0 saturated carbocycles. The molecule has 2 amide bonds. The van der Waals surface area contributed by atoms with Gasteiger partial charge in [-0.25, -0.2) is 4.79 Å². The number of anilines is 1. The fourth-order valence-electron chi connectivity index (χ4n) is 4.18. The number of aromatic nitrogens is 1. The summed E-state index contributed by atoms with van der Waals surface area (Å²) in [5.41, 5.74) is 1.50. The minimum Gasteiger partial charge on any atom is -0.497 e. The molecule has 2 fully saturated rings. The van der Waals surface area contributed by atoms with Crippen molar-refractivity contribution in [2.24, 2.45) is 0 Å². The van der Waals surface area contributed by atoms with E-state index in [1.54, 1.807) is 31.4 Å². The van der Waals surface area contributed by atoms with Crippen LogP contribution in [0.1, 0.15) is 24.3 Å². The van der Waals surface area contributed by atoms with E-state index in [1.165, 1.54) is 0 Å². The SMILES string of the molecule is COc1ccc(NC(=O)NC[C@H]2O[C@H](Cc3cc(CN4CCNCC4)on3)CC[C@@H]2O)cc1.Cl. The van der Waals surface area contributed by atoms with E-state index >= 15 is 0 Å². The molecular weight excluding hydrogens is 462 g/mol. The van der Waals surface area contributed by atoms with Gasteiger partial charge in [0.05, 0.1) is 31.6 Å². The lowest BCUT2D eigenvalue weighted by molar-refractivity contribution is -0.113. The van der Waals surface area contributed by atoms with Crippen LogP contribution < -0.4 is 20.7 Å². The molecule has 2 saturated heterocycles. The van der Waals surface area contributed by atoms with E-state index in [0.29, 0.717) is 24.3 Å². The number of aliphatic hydroxyl groups excluding tert-OH is 1. The first-order valence-corrected chi connectivity index (χ1v) is 11.5. The lowest BCUT2D eigenvalue weighted by atomic mass is 9.98. The molecule has 0 aliphatic carbocycles. The third kappa shape index (κ3) is 7.57. The van der Waals surface area contributed by atoms with E-state index in [4.69, 9.17) is 14.0 Å². The van der Waals surface area contributed by atoms with Crippen LogP contribution in [0, 0.1) is 0 Å². The fourth-order valence-corrected chi connectivity index (χ4v) is 4.18. The summed E-state index contributed by atoms with van der Waals surface area (Å²) in [5, 5.41) is 23.4. The summed E-state index contributed by atoms with van der Waals surface area (Å²) in [5.74, 6) is 1.57. The quantitative estimate of drug-likeness (QED) is 0.437. The second kappa shape index (κ2) is 12.9. The number of hydrogen-bond donors (Lipinski definition) is 4. The Morgan fingerprint density at radius 1 is 1.26 bits per heavy atom. The Bertz CT molecular complexity index is 890. The molecule has 0 spiro atoms. The van der Waals surface area contributed by atoms with Crippen LogP contribution in [0.5, 0.6) is 5.75 Å². The van der Waals surface area contributed by atoms with Crippen molar-refractivity contribution in [3.8, 4) is 5.75 Å². The first-order chi connectivity index (χ1) is 16.1. The summed E-state index contributed by atoms with van der Waals surface area (Å²) in [4.78, 5) is 14.6. The fraction of sp³-hybridized carbons (Fsp3) is 0.565. The van der Waals surface area contributed by atoms with Crippen LogP contribution in [0.15, 0.2) is 34.9 Å². The largest absolute Gasteiger partial charge is 0.497 e. The van der Waals surface area contributed by atoms with Crippen LogP contribution in [-0.4, -0.2) is 79.3 Å². The molecule has 188 valence electrons. The number of carbonyl (C=O) groups excluding carboxylic acids is 1. The second-order valence-electron chi connectivity index (χ2n) is 8.52. The molecule has 2 aliphatic heterocycles. The summed E-state index contributed by atoms with van der Waals surface area (Å²) >= 11 is 0. The number of ether oxygens (including phenoxy) is 2. The van der Waals surface area contributed by atoms with Crippen molar-refractivity contribution in [1.82, 2.24) is 20.7 Å². The van der Waals surface area contributed by atoms with Crippen LogP contribution in [0.2, 0.25) is 0 Å². The number of aliphatic hydroxyl groups is 1. The van der Waals surface area contributed by atoms with Gasteiger partial charge in [-0.3, -0.25) is 4.90 Å². The van der Waals surface area contributed by atoms with Gasteiger partial charge in [0, 0.05) is 50.9 Å². The van der Waals surface area contributed by atoms with Gasteiger partial charge in [0.1, 0.15) is 11.9 Å². The highest BCUT2D eigenvalue weighted by Gasteiger charge is 2.31. The van der Waals surface area contributed by atoms with E-state index in [-0.39, 0.29) is 31.1 Å². The molecule has 3 atom stereocenters. The number of urea groups is 1. The lowest BCUT2D eigenvalue weighted by Crippen LogP contribution is -2.47. The van der Waals surface area contributed by atoms with Gasteiger partial charge >= 0.3 is 6.03 Å². The molecule has 34 heavy (non-hydrogen) atoms. The maximum absolute atomic E-state index is 12.2. The number of rotatable bonds is 8. The minimum absolute atomic E-state index is 0. The number of methoxy groups -OCH3 is 1. The van der Waals surface area contributed by atoms with Crippen molar-refractivity contribution < 1.29 is 23.9 Å². The molecule has 10 nitrogen and oxygen atoms in total. The Kier molecular flexibility index (Phi) is 9.97. The summed E-state index contributed by atoms with van der Waals surface area (Å²) in [7, 11) is 1.59. The van der Waals surface area contributed by atoms with Crippen LogP contribution in [-0.2, 0) is 17.7 Å². The molecular formula is C23H34ClN5O5. The number of benzene rings is 1. The first kappa shape index (κ1) is 26.2. The lowest BCUT2D eigenvalue weighted by Gasteiger charge is -2.33. The summed E-state index contributed by atoms with van der Waals surface area (Å²) in [6.07, 6.45) is 0.785.